The van der Waals surface area contributed by atoms with E-state index < -0.39 is 0 Å². The quantitative estimate of drug-likeness (QED) is 0.493. The molecule has 0 aliphatic rings. The average Bonchev–Trinajstić information content (AvgIpc) is 3.05. The van der Waals surface area contributed by atoms with Crippen LogP contribution in [0.3, 0.4) is 0 Å². The summed E-state index contributed by atoms with van der Waals surface area (Å²) in [6, 6.07) is 23.4. The van der Waals surface area contributed by atoms with Crippen molar-refractivity contribution < 1.29 is 9.59 Å². The van der Waals surface area contributed by atoms with Crippen molar-refractivity contribution in [2.75, 3.05) is 5.32 Å². The van der Waals surface area contributed by atoms with Gasteiger partial charge in [0.15, 0.2) is 0 Å². The number of aryl methyl sites for hydroxylation is 1. The minimum atomic E-state index is -0.304. The van der Waals surface area contributed by atoms with Crippen LogP contribution < -0.4 is 16.3 Å². The number of imidazole rings is 1. The van der Waals surface area contributed by atoms with Crippen molar-refractivity contribution in [2.24, 2.45) is 7.05 Å². The largest absolute Gasteiger partial charge is 0.348 e. The lowest BCUT2D eigenvalue weighted by Crippen LogP contribution is -2.34. The molecule has 1 atom stereocenters. The van der Waals surface area contributed by atoms with E-state index in [9.17, 15) is 14.4 Å². The van der Waals surface area contributed by atoms with E-state index in [4.69, 9.17) is 0 Å². The average molecular weight is 428 g/mol. The van der Waals surface area contributed by atoms with Crippen LogP contribution in [0.15, 0.2) is 83.7 Å². The van der Waals surface area contributed by atoms with Crippen molar-refractivity contribution >= 4 is 28.5 Å². The topological polar surface area (TPSA) is 85.1 Å². The summed E-state index contributed by atoms with van der Waals surface area (Å²) < 4.78 is 3.00. The maximum atomic E-state index is 12.7. The van der Waals surface area contributed by atoms with Crippen molar-refractivity contribution in [1.82, 2.24) is 14.5 Å². The molecule has 0 saturated heterocycles. The molecule has 1 aromatic heterocycles. The highest BCUT2D eigenvalue weighted by atomic mass is 16.2. The van der Waals surface area contributed by atoms with E-state index in [0.29, 0.717) is 16.8 Å². The molecular weight excluding hydrogens is 404 g/mol. The van der Waals surface area contributed by atoms with Crippen LogP contribution in [-0.4, -0.2) is 20.9 Å². The molecule has 7 heteroatoms. The third kappa shape index (κ3) is 4.32. The first-order valence-electron chi connectivity index (χ1n) is 10.3. The summed E-state index contributed by atoms with van der Waals surface area (Å²) >= 11 is 0. The monoisotopic (exact) mass is 428 g/mol. The summed E-state index contributed by atoms with van der Waals surface area (Å²) in [6.45, 7) is 1.79. The van der Waals surface area contributed by atoms with Gasteiger partial charge in [0.2, 0.25) is 5.91 Å². The number of fused-ring (bicyclic) bond motifs is 1. The zero-order valence-electron chi connectivity index (χ0n) is 17.9. The fraction of sp³-hybridized carbons (Fsp3) is 0.160. The standard InChI is InChI=1S/C25H24N4O3/c1-17(19-11-8-12-20(15-19)27-24(31)18-9-4-3-5-10-18)26-23(30)16-29-22-14-7-6-13-21(22)28(2)25(29)32/h3-15,17H,16H2,1-2H3,(H,26,30)(H,27,31)/t17-/m0/s1. The Hall–Kier alpha value is -4.13. The predicted octanol–water partition coefficient (Wildman–Crippen LogP) is 3.47. The maximum absolute atomic E-state index is 12.7. The maximum Gasteiger partial charge on any atom is 0.329 e. The summed E-state index contributed by atoms with van der Waals surface area (Å²) in [5, 5.41) is 5.81. The molecule has 0 aliphatic carbocycles. The van der Waals surface area contributed by atoms with Crippen LogP contribution in [0.5, 0.6) is 0 Å². The molecule has 0 fully saturated rings. The van der Waals surface area contributed by atoms with Crippen molar-refractivity contribution in [3.8, 4) is 0 Å². The Balaban J connectivity index is 1.45. The molecule has 2 N–H and O–H groups in total. The van der Waals surface area contributed by atoms with Crippen molar-refractivity contribution in [2.45, 2.75) is 19.5 Å². The van der Waals surface area contributed by atoms with E-state index in [1.807, 2.05) is 67.6 Å². The van der Waals surface area contributed by atoms with Gasteiger partial charge in [0.1, 0.15) is 6.54 Å². The highest BCUT2D eigenvalue weighted by Crippen LogP contribution is 2.18. The molecular formula is C25H24N4O3. The lowest BCUT2D eigenvalue weighted by Gasteiger charge is -2.16. The highest BCUT2D eigenvalue weighted by Gasteiger charge is 2.16. The van der Waals surface area contributed by atoms with Gasteiger partial charge >= 0.3 is 5.69 Å². The Morgan fingerprint density at radius 2 is 1.59 bits per heavy atom. The molecule has 0 bridgehead atoms. The summed E-state index contributed by atoms with van der Waals surface area (Å²) in [5.41, 5.74) is 3.31. The first kappa shape index (κ1) is 21.1. The smallest absolute Gasteiger partial charge is 0.329 e. The molecule has 0 aliphatic heterocycles. The number of anilines is 1. The first-order valence-corrected chi connectivity index (χ1v) is 10.3. The fourth-order valence-electron chi connectivity index (χ4n) is 3.71. The molecule has 2 amide bonds. The minimum absolute atomic E-state index is 0.0744. The van der Waals surface area contributed by atoms with Gasteiger partial charge in [-0.25, -0.2) is 4.79 Å². The van der Waals surface area contributed by atoms with E-state index in [0.717, 1.165) is 11.1 Å². The number of nitrogens with one attached hydrogen (secondary N) is 2. The molecule has 4 rings (SSSR count). The lowest BCUT2D eigenvalue weighted by molar-refractivity contribution is -0.122. The molecule has 0 spiro atoms. The Bertz CT molecular complexity index is 1340. The summed E-state index contributed by atoms with van der Waals surface area (Å²) in [5.74, 6) is -0.468. The molecule has 0 unspecified atom stereocenters. The van der Waals surface area contributed by atoms with Crippen LogP contribution >= 0.6 is 0 Å². The van der Waals surface area contributed by atoms with Crippen LogP contribution in [0.25, 0.3) is 11.0 Å². The number of amides is 2. The molecule has 32 heavy (non-hydrogen) atoms. The van der Waals surface area contributed by atoms with Crippen LogP contribution in [0.4, 0.5) is 5.69 Å². The van der Waals surface area contributed by atoms with Gasteiger partial charge in [0, 0.05) is 18.3 Å². The number of rotatable bonds is 6. The highest BCUT2D eigenvalue weighted by molar-refractivity contribution is 6.04. The van der Waals surface area contributed by atoms with E-state index in [1.54, 1.807) is 25.2 Å². The van der Waals surface area contributed by atoms with Gasteiger partial charge in [-0.1, -0.05) is 42.5 Å². The lowest BCUT2D eigenvalue weighted by atomic mass is 10.1. The number of nitrogens with zero attached hydrogens (tertiary/aromatic N) is 2. The number of hydrogen-bond acceptors (Lipinski definition) is 3. The predicted molar refractivity (Wildman–Crippen MR) is 125 cm³/mol. The fourth-order valence-corrected chi connectivity index (χ4v) is 3.71. The third-order valence-electron chi connectivity index (χ3n) is 5.41. The second-order valence-corrected chi connectivity index (χ2v) is 7.65. The van der Waals surface area contributed by atoms with Crippen molar-refractivity contribution in [1.29, 1.82) is 0 Å². The Kier molecular flexibility index (Phi) is 5.89. The van der Waals surface area contributed by atoms with Crippen LogP contribution in [0.2, 0.25) is 0 Å². The molecule has 0 radical (unpaired) electrons. The minimum Gasteiger partial charge on any atom is -0.348 e. The number of hydrogen-bond donors (Lipinski definition) is 2. The van der Waals surface area contributed by atoms with E-state index in [-0.39, 0.29) is 30.1 Å². The molecule has 7 nitrogen and oxygen atoms in total. The van der Waals surface area contributed by atoms with Gasteiger partial charge in [-0.15, -0.1) is 0 Å². The normalized spacial score (nSPS) is 11.8. The Morgan fingerprint density at radius 1 is 0.906 bits per heavy atom. The van der Waals surface area contributed by atoms with Gasteiger partial charge in [-0.2, -0.15) is 0 Å². The van der Waals surface area contributed by atoms with Gasteiger partial charge in [0.25, 0.3) is 5.91 Å². The molecule has 0 saturated carbocycles. The molecule has 162 valence electrons. The first-order chi connectivity index (χ1) is 15.4. The van der Waals surface area contributed by atoms with Crippen LogP contribution in [-0.2, 0) is 18.4 Å². The molecule has 3 aromatic carbocycles. The van der Waals surface area contributed by atoms with Gasteiger partial charge in [-0.3, -0.25) is 18.7 Å². The zero-order valence-corrected chi connectivity index (χ0v) is 17.9. The Morgan fingerprint density at radius 3 is 2.34 bits per heavy atom. The third-order valence-corrected chi connectivity index (χ3v) is 5.41. The number of carbonyl (C=O) groups excluding carboxylic acids is 2. The van der Waals surface area contributed by atoms with Crippen molar-refractivity contribution in [3.05, 3.63) is 100 Å². The SMILES string of the molecule is C[C@H](NC(=O)Cn1c(=O)n(C)c2ccccc21)c1cccc(NC(=O)c2ccccc2)c1. The zero-order chi connectivity index (χ0) is 22.7. The number of carbonyl (C=O) groups is 2. The number of para-hydroxylation sites is 2. The molecule has 4 aromatic rings. The van der Waals surface area contributed by atoms with Crippen LogP contribution in [0.1, 0.15) is 28.9 Å². The Labute approximate surface area is 185 Å². The number of benzene rings is 3. The second kappa shape index (κ2) is 8.93. The summed E-state index contributed by atoms with van der Waals surface area (Å²) in [7, 11) is 1.69. The number of aromatic nitrogens is 2. The van der Waals surface area contributed by atoms with E-state index >= 15 is 0 Å². The summed E-state index contributed by atoms with van der Waals surface area (Å²) in [6.07, 6.45) is 0. The van der Waals surface area contributed by atoms with Gasteiger partial charge < -0.3 is 10.6 Å². The van der Waals surface area contributed by atoms with E-state index in [2.05, 4.69) is 10.6 Å². The van der Waals surface area contributed by atoms with Crippen LogP contribution in [0, 0.1) is 0 Å². The van der Waals surface area contributed by atoms with Crippen molar-refractivity contribution in [3.63, 3.8) is 0 Å². The molecule has 1 heterocycles. The van der Waals surface area contributed by atoms with Gasteiger partial charge in [-0.05, 0) is 48.9 Å². The second-order valence-electron chi connectivity index (χ2n) is 7.65. The van der Waals surface area contributed by atoms with Gasteiger partial charge in [0.05, 0.1) is 17.1 Å². The van der Waals surface area contributed by atoms with E-state index in [1.165, 1.54) is 9.13 Å². The summed E-state index contributed by atoms with van der Waals surface area (Å²) in [4.78, 5) is 37.7.